The summed E-state index contributed by atoms with van der Waals surface area (Å²) in [4.78, 5) is 30.1. The zero-order chi connectivity index (χ0) is 17.6. The maximum absolute atomic E-state index is 12.2. The lowest BCUT2D eigenvalue weighted by atomic mass is 10.1. The van der Waals surface area contributed by atoms with E-state index < -0.39 is 0 Å². The van der Waals surface area contributed by atoms with Crippen molar-refractivity contribution in [3.8, 4) is 0 Å². The topological polar surface area (TPSA) is 62.3 Å². The number of hydrogen-bond donors (Lipinski definition) is 1. The first-order valence-electron chi connectivity index (χ1n) is 8.70. The number of nitrogens with one attached hydrogen (secondary N) is 1. The maximum Gasteiger partial charge on any atom is 0.228 e. The highest BCUT2D eigenvalue weighted by atomic mass is 32.1. The van der Waals surface area contributed by atoms with Crippen LogP contribution < -0.4 is 10.2 Å². The van der Waals surface area contributed by atoms with Crippen LogP contribution in [0.25, 0.3) is 0 Å². The van der Waals surface area contributed by atoms with Gasteiger partial charge in [-0.1, -0.05) is 30.3 Å². The molecular weight excluding hydrogens is 334 g/mol. The fraction of sp³-hybridized carbons (Fsp3) is 0.421. The summed E-state index contributed by atoms with van der Waals surface area (Å²) in [6, 6.07) is 10.4. The number of aromatic nitrogens is 1. The van der Waals surface area contributed by atoms with Crippen LogP contribution in [0.4, 0.5) is 5.13 Å². The highest BCUT2D eigenvalue weighted by Gasteiger charge is 2.24. The van der Waals surface area contributed by atoms with Crippen LogP contribution >= 0.6 is 11.3 Å². The molecule has 2 heterocycles. The van der Waals surface area contributed by atoms with E-state index in [0.717, 1.165) is 31.5 Å². The average molecular weight is 357 g/mol. The number of amides is 2. The smallest absolute Gasteiger partial charge is 0.228 e. The van der Waals surface area contributed by atoms with E-state index in [1.165, 1.54) is 16.9 Å². The highest BCUT2D eigenvalue weighted by Crippen LogP contribution is 2.25. The van der Waals surface area contributed by atoms with Gasteiger partial charge < -0.3 is 5.32 Å². The van der Waals surface area contributed by atoms with Gasteiger partial charge in [-0.15, -0.1) is 11.3 Å². The molecule has 1 aliphatic rings. The molecule has 1 unspecified atom stereocenters. The molecule has 0 bridgehead atoms. The first-order valence-corrected chi connectivity index (χ1v) is 9.58. The first kappa shape index (κ1) is 17.6. The largest absolute Gasteiger partial charge is 0.353 e. The summed E-state index contributed by atoms with van der Waals surface area (Å²) in [5.74, 6) is 0.102. The number of benzene rings is 1. The molecule has 25 heavy (non-hydrogen) atoms. The third-order valence-corrected chi connectivity index (χ3v) is 5.21. The van der Waals surface area contributed by atoms with Crippen molar-refractivity contribution >= 4 is 28.3 Å². The summed E-state index contributed by atoms with van der Waals surface area (Å²) in [6.45, 7) is 2.75. The summed E-state index contributed by atoms with van der Waals surface area (Å²) in [7, 11) is 0. The Balaban J connectivity index is 1.46. The van der Waals surface area contributed by atoms with Gasteiger partial charge in [-0.2, -0.15) is 0 Å². The van der Waals surface area contributed by atoms with Crippen LogP contribution in [0.15, 0.2) is 35.7 Å². The Hall–Kier alpha value is -2.21. The van der Waals surface area contributed by atoms with Gasteiger partial charge in [0.2, 0.25) is 11.8 Å². The third-order valence-electron chi connectivity index (χ3n) is 4.30. The third kappa shape index (κ3) is 4.89. The Kier molecular flexibility index (Phi) is 5.81. The second-order valence-corrected chi connectivity index (χ2v) is 7.28. The second kappa shape index (κ2) is 8.25. The van der Waals surface area contributed by atoms with Gasteiger partial charge in [0.25, 0.3) is 0 Å². The van der Waals surface area contributed by atoms with Crippen LogP contribution in [-0.2, 0) is 22.4 Å². The van der Waals surface area contributed by atoms with Gasteiger partial charge in [0, 0.05) is 24.4 Å². The number of carbonyl (C=O) groups excluding carboxylic acids is 2. The number of aryl methyl sites for hydroxylation is 1. The molecule has 1 saturated heterocycles. The molecule has 5 nitrogen and oxygen atoms in total. The lowest BCUT2D eigenvalue weighted by Gasteiger charge is -2.13. The van der Waals surface area contributed by atoms with Crippen molar-refractivity contribution < 1.29 is 9.59 Å². The molecule has 1 N–H and O–H groups in total. The molecule has 0 aliphatic carbocycles. The fourth-order valence-electron chi connectivity index (χ4n) is 2.94. The van der Waals surface area contributed by atoms with Crippen LogP contribution in [0.5, 0.6) is 0 Å². The molecule has 1 aliphatic heterocycles. The normalized spacial score (nSPS) is 15.4. The molecule has 1 fully saturated rings. The van der Waals surface area contributed by atoms with Gasteiger partial charge in [-0.25, -0.2) is 4.98 Å². The van der Waals surface area contributed by atoms with Crippen molar-refractivity contribution in [3.63, 3.8) is 0 Å². The Morgan fingerprint density at radius 2 is 2.16 bits per heavy atom. The van der Waals surface area contributed by atoms with Crippen molar-refractivity contribution in [2.45, 2.75) is 45.1 Å². The summed E-state index contributed by atoms with van der Waals surface area (Å²) in [6.07, 6.45) is 3.58. The highest BCUT2D eigenvalue weighted by molar-refractivity contribution is 7.14. The molecule has 1 aromatic heterocycles. The van der Waals surface area contributed by atoms with Crippen molar-refractivity contribution in [2.24, 2.45) is 0 Å². The Bertz CT molecular complexity index is 729. The van der Waals surface area contributed by atoms with Crippen molar-refractivity contribution in [1.29, 1.82) is 0 Å². The number of carbonyl (C=O) groups is 2. The number of nitrogens with zero attached hydrogens (tertiary/aromatic N) is 2. The SMILES string of the molecule is CC(CCc1ccccc1)NC(=O)Cc1csc(N2CCCC2=O)n1. The Morgan fingerprint density at radius 1 is 1.36 bits per heavy atom. The molecule has 0 saturated carbocycles. The fourth-order valence-corrected chi connectivity index (χ4v) is 3.81. The van der Waals surface area contributed by atoms with E-state index in [9.17, 15) is 9.59 Å². The first-order chi connectivity index (χ1) is 12.1. The van der Waals surface area contributed by atoms with E-state index in [-0.39, 0.29) is 24.3 Å². The van der Waals surface area contributed by atoms with Gasteiger partial charge in [0.05, 0.1) is 12.1 Å². The lowest BCUT2D eigenvalue weighted by Crippen LogP contribution is -2.34. The maximum atomic E-state index is 12.2. The number of thiazole rings is 1. The minimum absolute atomic E-state index is 0.0230. The summed E-state index contributed by atoms with van der Waals surface area (Å²) < 4.78 is 0. The molecule has 3 rings (SSSR count). The van der Waals surface area contributed by atoms with E-state index in [1.807, 2.05) is 30.5 Å². The van der Waals surface area contributed by atoms with Crippen molar-refractivity contribution in [3.05, 3.63) is 47.0 Å². The summed E-state index contributed by atoms with van der Waals surface area (Å²) in [5.41, 5.74) is 2.01. The average Bonchev–Trinajstić information content (AvgIpc) is 3.22. The van der Waals surface area contributed by atoms with E-state index in [0.29, 0.717) is 11.6 Å². The van der Waals surface area contributed by atoms with Crippen LogP contribution in [0.1, 0.15) is 37.4 Å². The minimum atomic E-state index is -0.0230. The lowest BCUT2D eigenvalue weighted by molar-refractivity contribution is -0.121. The van der Waals surface area contributed by atoms with Gasteiger partial charge in [-0.05, 0) is 31.7 Å². The van der Waals surface area contributed by atoms with E-state index in [2.05, 4.69) is 22.4 Å². The molecule has 0 radical (unpaired) electrons. The standard InChI is InChI=1S/C19H23N3O2S/c1-14(9-10-15-6-3-2-4-7-15)20-17(23)12-16-13-25-19(21-16)22-11-5-8-18(22)24/h2-4,6-7,13-14H,5,8-12H2,1H3,(H,20,23). The zero-order valence-electron chi connectivity index (χ0n) is 14.4. The molecule has 6 heteroatoms. The van der Waals surface area contributed by atoms with E-state index in [4.69, 9.17) is 0 Å². The van der Waals surface area contributed by atoms with Crippen molar-refractivity contribution in [1.82, 2.24) is 10.3 Å². The zero-order valence-corrected chi connectivity index (χ0v) is 15.2. The molecule has 0 spiro atoms. The summed E-state index contributed by atoms with van der Waals surface area (Å²) >= 11 is 1.43. The molecule has 2 amide bonds. The number of rotatable bonds is 7. The molecule has 1 atom stereocenters. The predicted molar refractivity (Wildman–Crippen MR) is 99.8 cm³/mol. The quantitative estimate of drug-likeness (QED) is 0.829. The summed E-state index contributed by atoms with van der Waals surface area (Å²) in [5, 5.41) is 5.61. The molecular formula is C19H23N3O2S. The number of hydrogen-bond acceptors (Lipinski definition) is 4. The Morgan fingerprint density at radius 3 is 2.88 bits per heavy atom. The van der Waals surface area contributed by atoms with E-state index >= 15 is 0 Å². The molecule has 1 aromatic carbocycles. The van der Waals surface area contributed by atoms with Crippen molar-refractivity contribution in [2.75, 3.05) is 11.4 Å². The van der Waals surface area contributed by atoms with Gasteiger partial charge in [-0.3, -0.25) is 14.5 Å². The monoisotopic (exact) mass is 357 g/mol. The van der Waals surface area contributed by atoms with Crippen LogP contribution in [0, 0.1) is 0 Å². The van der Waals surface area contributed by atoms with Crippen LogP contribution in [0.3, 0.4) is 0 Å². The van der Waals surface area contributed by atoms with Gasteiger partial charge in [0.1, 0.15) is 0 Å². The molecule has 132 valence electrons. The number of anilines is 1. The molecule has 2 aromatic rings. The minimum Gasteiger partial charge on any atom is -0.353 e. The van der Waals surface area contributed by atoms with Crippen LogP contribution in [-0.4, -0.2) is 29.4 Å². The second-order valence-electron chi connectivity index (χ2n) is 6.44. The van der Waals surface area contributed by atoms with E-state index in [1.54, 1.807) is 4.90 Å². The Labute approximate surface area is 152 Å². The van der Waals surface area contributed by atoms with Gasteiger partial charge in [0.15, 0.2) is 5.13 Å². The van der Waals surface area contributed by atoms with Crippen LogP contribution in [0.2, 0.25) is 0 Å². The predicted octanol–water partition coefficient (Wildman–Crippen LogP) is 2.95. The van der Waals surface area contributed by atoms with Gasteiger partial charge >= 0.3 is 0 Å².